The Hall–Kier alpha value is -1.10. The molecule has 1 aromatic carbocycles. The Balaban J connectivity index is 0.00000289. The van der Waals surface area contributed by atoms with E-state index in [0.29, 0.717) is 19.8 Å². The van der Waals surface area contributed by atoms with Crippen LogP contribution in [0.1, 0.15) is 12.5 Å². The van der Waals surface area contributed by atoms with E-state index in [2.05, 4.69) is 10.6 Å². The molecule has 0 fully saturated rings. The van der Waals surface area contributed by atoms with Crippen molar-refractivity contribution in [2.24, 2.45) is 0 Å². The molecule has 0 aliphatic rings. The summed E-state index contributed by atoms with van der Waals surface area (Å²) in [4.78, 5) is 11.3. The van der Waals surface area contributed by atoms with Gasteiger partial charge in [0.25, 0.3) is 0 Å². The van der Waals surface area contributed by atoms with E-state index in [1.54, 1.807) is 7.05 Å². The molecule has 0 bridgehead atoms. The highest BCUT2D eigenvalue weighted by Crippen LogP contribution is 2.00. The molecule has 1 atom stereocenters. The Morgan fingerprint density at radius 2 is 2.00 bits per heavy atom. The van der Waals surface area contributed by atoms with Gasteiger partial charge < -0.3 is 15.4 Å². The van der Waals surface area contributed by atoms with Crippen LogP contribution in [0.5, 0.6) is 0 Å². The van der Waals surface area contributed by atoms with Crippen molar-refractivity contribution in [1.82, 2.24) is 10.6 Å². The van der Waals surface area contributed by atoms with Gasteiger partial charge in [0.05, 0.1) is 19.8 Å². The van der Waals surface area contributed by atoms with Gasteiger partial charge in [-0.3, -0.25) is 4.79 Å². The molecule has 1 unspecified atom stereocenters. The van der Waals surface area contributed by atoms with Crippen LogP contribution >= 0.6 is 12.4 Å². The van der Waals surface area contributed by atoms with Crippen LogP contribution in [0.4, 0.5) is 0 Å². The maximum Gasteiger partial charge on any atom is 0.234 e. The number of hydrogen-bond donors (Lipinski definition) is 2. The second-order valence-electron chi connectivity index (χ2n) is 4.00. The van der Waals surface area contributed by atoms with Crippen molar-refractivity contribution in [2.75, 3.05) is 20.2 Å². The number of hydrogen-bond acceptors (Lipinski definition) is 3. The van der Waals surface area contributed by atoms with Crippen molar-refractivity contribution < 1.29 is 9.53 Å². The SMILES string of the molecule is CNCC(=O)NC(C)COCc1ccccc1.Cl. The summed E-state index contributed by atoms with van der Waals surface area (Å²) >= 11 is 0. The lowest BCUT2D eigenvalue weighted by molar-refractivity contribution is -0.121. The van der Waals surface area contributed by atoms with Crippen LogP contribution in [-0.4, -0.2) is 32.1 Å². The van der Waals surface area contributed by atoms with E-state index in [-0.39, 0.29) is 24.4 Å². The van der Waals surface area contributed by atoms with Gasteiger partial charge in [-0.1, -0.05) is 30.3 Å². The van der Waals surface area contributed by atoms with Gasteiger partial charge in [-0.15, -0.1) is 12.4 Å². The number of amides is 1. The molecule has 0 aromatic heterocycles. The van der Waals surface area contributed by atoms with Crippen molar-refractivity contribution in [1.29, 1.82) is 0 Å². The van der Waals surface area contributed by atoms with Crippen LogP contribution in [0.15, 0.2) is 30.3 Å². The number of benzene rings is 1. The van der Waals surface area contributed by atoms with Gasteiger partial charge in [-0.2, -0.15) is 0 Å². The summed E-state index contributed by atoms with van der Waals surface area (Å²) in [7, 11) is 1.75. The Bertz CT molecular complexity index is 333. The summed E-state index contributed by atoms with van der Waals surface area (Å²) in [5.74, 6) is -0.0108. The van der Waals surface area contributed by atoms with E-state index in [1.807, 2.05) is 37.3 Å². The highest BCUT2D eigenvalue weighted by Gasteiger charge is 2.06. The Labute approximate surface area is 115 Å². The summed E-state index contributed by atoms with van der Waals surface area (Å²) in [5, 5.41) is 5.64. The topological polar surface area (TPSA) is 50.4 Å². The predicted octanol–water partition coefficient (Wildman–Crippen LogP) is 1.35. The molecule has 5 heteroatoms. The second-order valence-corrected chi connectivity index (χ2v) is 4.00. The van der Waals surface area contributed by atoms with Crippen LogP contribution in [0.2, 0.25) is 0 Å². The number of rotatable bonds is 7. The standard InChI is InChI=1S/C13H20N2O2.ClH/c1-11(15-13(16)8-14-2)9-17-10-12-6-4-3-5-7-12;/h3-7,11,14H,8-10H2,1-2H3,(H,15,16);1H. The van der Waals surface area contributed by atoms with E-state index < -0.39 is 0 Å². The van der Waals surface area contributed by atoms with Crippen LogP contribution in [0.3, 0.4) is 0 Å². The molecule has 2 N–H and O–H groups in total. The summed E-state index contributed by atoms with van der Waals surface area (Å²) < 4.78 is 5.53. The van der Waals surface area contributed by atoms with Crippen molar-refractivity contribution in [3.05, 3.63) is 35.9 Å². The van der Waals surface area contributed by atoms with Gasteiger partial charge in [0.15, 0.2) is 0 Å². The van der Waals surface area contributed by atoms with Gasteiger partial charge in [0.2, 0.25) is 5.91 Å². The molecule has 1 aromatic rings. The van der Waals surface area contributed by atoms with E-state index in [9.17, 15) is 4.79 Å². The Kier molecular flexibility index (Phi) is 9.28. The smallest absolute Gasteiger partial charge is 0.234 e. The third-order valence-corrected chi connectivity index (χ3v) is 2.22. The van der Waals surface area contributed by atoms with Crippen LogP contribution in [0, 0.1) is 0 Å². The molecular formula is C13H21ClN2O2. The maximum absolute atomic E-state index is 11.3. The van der Waals surface area contributed by atoms with E-state index >= 15 is 0 Å². The number of ether oxygens (including phenoxy) is 1. The van der Waals surface area contributed by atoms with Gasteiger partial charge >= 0.3 is 0 Å². The monoisotopic (exact) mass is 272 g/mol. The van der Waals surface area contributed by atoms with Crippen molar-refractivity contribution >= 4 is 18.3 Å². The molecule has 4 nitrogen and oxygen atoms in total. The van der Waals surface area contributed by atoms with Crippen molar-refractivity contribution in [3.63, 3.8) is 0 Å². The third-order valence-electron chi connectivity index (χ3n) is 2.22. The summed E-state index contributed by atoms with van der Waals surface area (Å²) in [6.07, 6.45) is 0. The maximum atomic E-state index is 11.3. The highest BCUT2D eigenvalue weighted by atomic mass is 35.5. The Morgan fingerprint density at radius 3 is 2.61 bits per heavy atom. The highest BCUT2D eigenvalue weighted by molar-refractivity contribution is 5.85. The fourth-order valence-corrected chi connectivity index (χ4v) is 1.46. The molecule has 18 heavy (non-hydrogen) atoms. The zero-order chi connectivity index (χ0) is 12.5. The minimum atomic E-state index is -0.0108. The molecule has 0 radical (unpaired) electrons. The molecule has 1 amide bonds. The number of likely N-dealkylation sites (N-methyl/N-ethyl adjacent to an activating group) is 1. The van der Waals surface area contributed by atoms with Crippen LogP contribution < -0.4 is 10.6 Å². The lowest BCUT2D eigenvalue weighted by Crippen LogP contribution is -2.40. The molecule has 0 aliphatic heterocycles. The van der Waals surface area contributed by atoms with Gasteiger partial charge in [0.1, 0.15) is 0 Å². The zero-order valence-electron chi connectivity index (χ0n) is 10.8. The number of halogens is 1. The van der Waals surface area contributed by atoms with Crippen molar-refractivity contribution in [2.45, 2.75) is 19.6 Å². The minimum absolute atomic E-state index is 0. The average molecular weight is 273 g/mol. The first-order valence-corrected chi connectivity index (χ1v) is 5.78. The van der Waals surface area contributed by atoms with Gasteiger partial charge in [0, 0.05) is 6.04 Å². The first-order chi connectivity index (χ1) is 8.22. The normalized spacial score (nSPS) is 11.4. The molecule has 0 saturated heterocycles. The van der Waals surface area contributed by atoms with Crippen LogP contribution in [0.25, 0.3) is 0 Å². The average Bonchev–Trinajstić information content (AvgIpc) is 2.30. The number of nitrogens with one attached hydrogen (secondary N) is 2. The predicted molar refractivity (Wildman–Crippen MR) is 74.9 cm³/mol. The quantitative estimate of drug-likeness (QED) is 0.788. The first kappa shape index (κ1) is 16.9. The molecule has 0 aliphatic carbocycles. The van der Waals surface area contributed by atoms with E-state index in [4.69, 9.17) is 4.74 Å². The van der Waals surface area contributed by atoms with Crippen molar-refractivity contribution in [3.8, 4) is 0 Å². The number of carbonyl (C=O) groups excluding carboxylic acids is 1. The van der Waals surface area contributed by atoms with Gasteiger partial charge in [-0.25, -0.2) is 0 Å². The largest absolute Gasteiger partial charge is 0.375 e. The second kappa shape index (κ2) is 9.88. The minimum Gasteiger partial charge on any atom is -0.375 e. The molecule has 0 saturated carbocycles. The molecule has 0 spiro atoms. The summed E-state index contributed by atoms with van der Waals surface area (Å²) in [6, 6.07) is 10.0. The van der Waals surface area contributed by atoms with E-state index in [1.165, 1.54) is 0 Å². The first-order valence-electron chi connectivity index (χ1n) is 5.78. The molecular weight excluding hydrogens is 252 g/mol. The summed E-state index contributed by atoms with van der Waals surface area (Å²) in [6.45, 7) is 3.36. The lowest BCUT2D eigenvalue weighted by atomic mass is 10.2. The molecule has 102 valence electrons. The fourth-order valence-electron chi connectivity index (χ4n) is 1.46. The zero-order valence-corrected chi connectivity index (χ0v) is 11.6. The fraction of sp³-hybridized carbons (Fsp3) is 0.462. The number of carbonyl (C=O) groups is 1. The Morgan fingerprint density at radius 1 is 1.33 bits per heavy atom. The van der Waals surface area contributed by atoms with Crippen LogP contribution in [-0.2, 0) is 16.1 Å². The van der Waals surface area contributed by atoms with Gasteiger partial charge in [-0.05, 0) is 19.5 Å². The molecule has 0 heterocycles. The third kappa shape index (κ3) is 7.27. The lowest BCUT2D eigenvalue weighted by Gasteiger charge is -2.14. The van der Waals surface area contributed by atoms with E-state index in [0.717, 1.165) is 5.56 Å². The molecule has 1 rings (SSSR count). The summed E-state index contributed by atoms with van der Waals surface area (Å²) in [5.41, 5.74) is 1.14.